The van der Waals surface area contributed by atoms with Gasteiger partial charge in [-0.15, -0.1) is 0 Å². The Morgan fingerprint density at radius 2 is 1.65 bits per heavy atom. The number of hydrogen-bond acceptors (Lipinski definition) is 5. The Hall–Kier alpha value is -3.90. The van der Waals surface area contributed by atoms with Crippen LogP contribution in [0.5, 0.6) is 5.75 Å². The van der Waals surface area contributed by atoms with Gasteiger partial charge in [0.25, 0.3) is 0 Å². The SMILES string of the molecule is Cc1oc(-c2ccccc2)nc1CCOc1ccc(CC(NCc2ccccc2)C(=O)O)cc1. The third-order valence-electron chi connectivity index (χ3n) is 5.58. The van der Waals surface area contributed by atoms with E-state index in [1.165, 1.54) is 0 Å². The number of aromatic nitrogens is 1. The first-order chi connectivity index (χ1) is 16.6. The Kier molecular flexibility index (Phi) is 7.73. The summed E-state index contributed by atoms with van der Waals surface area (Å²) in [6.45, 7) is 2.89. The van der Waals surface area contributed by atoms with Gasteiger partial charge in [-0.2, -0.15) is 0 Å². The number of aryl methyl sites for hydroxylation is 1. The van der Waals surface area contributed by atoms with Crippen molar-refractivity contribution in [3.05, 3.63) is 108 Å². The molecule has 6 nitrogen and oxygen atoms in total. The standard InChI is InChI=1S/C28H28N2O4/c1-20-25(30-27(34-20)23-10-6-3-7-11-23)16-17-33-24-14-12-21(13-15-24)18-26(28(31)32)29-19-22-8-4-2-5-9-22/h2-15,26,29H,16-19H2,1H3,(H,31,32). The molecular formula is C28H28N2O4. The van der Waals surface area contributed by atoms with Crippen molar-refractivity contribution in [2.45, 2.75) is 32.4 Å². The zero-order valence-electron chi connectivity index (χ0n) is 19.1. The summed E-state index contributed by atoms with van der Waals surface area (Å²) in [4.78, 5) is 16.3. The lowest BCUT2D eigenvalue weighted by Gasteiger charge is -2.15. The fraction of sp³-hybridized carbons (Fsp3) is 0.214. The van der Waals surface area contributed by atoms with E-state index in [9.17, 15) is 9.90 Å². The predicted molar refractivity (Wildman–Crippen MR) is 131 cm³/mol. The number of nitrogens with zero attached hydrogens (tertiary/aromatic N) is 1. The minimum absolute atomic E-state index is 0.392. The minimum Gasteiger partial charge on any atom is -0.493 e. The third kappa shape index (κ3) is 6.33. The van der Waals surface area contributed by atoms with Crippen LogP contribution in [0.2, 0.25) is 0 Å². The molecule has 174 valence electrons. The van der Waals surface area contributed by atoms with Crippen LogP contribution in [0, 0.1) is 6.92 Å². The summed E-state index contributed by atoms with van der Waals surface area (Å²) in [5.74, 6) is 1.28. The van der Waals surface area contributed by atoms with Gasteiger partial charge >= 0.3 is 5.97 Å². The molecule has 4 rings (SSSR count). The average molecular weight is 457 g/mol. The van der Waals surface area contributed by atoms with E-state index < -0.39 is 12.0 Å². The highest BCUT2D eigenvalue weighted by Gasteiger charge is 2.17. The van der Waals surface area contributed by atoms with Crippen LogP contribution in [0.15, 0.2) is 89.3 Å². The summed E-state index contributed by atoms with van der Waals surface area (Å²) >= 11 is 0. The number of carboxylic acids is 1. The summed E-state index contributed by atoms with van der Waals surface area (Å²) in [6.07, 6.45) is 1.03. The maximum absolute atomic E-state index is 11.7. The number of benzene rings is 3. The van der Waals surface area contributed by atoms with Crippen LogP contribution in [-0.4, -0.2) is 28.7 Å². The van der Waals surface area contributed by atoms with Crippen LogP contribution in [0.4, 0.5) is 0 Å². The van der Waals surface area contributed by atoms with Gasteiger partial charge in [-0.3, -0.25) is 4.79 Å². The van der Waals surface area contributed by atoms with Crippen molar-refractivity contribution in [2.75, 3.05) is 6.61 Å². The van der Waals surface area contributed by atoms with E-state index in [1.807, 2.05) is 91.9 Å². The highest BCUT2D eigenvalue weighted by Crippen LogP contribution is 2.22. The van der Waals surface area contributed by atoms with E-state index >= 15 is 0 Å². The number of aliphatic carboxylic acids is 1. The molecule has 0 spiro atoms. The highest BCUT2D eigenvalue weighted by atomic mass is 16.5. The van der Waals surface area contributed by atoms with Gasteiger partial charge in [0.15, 0.2) is 0 Å². The van der Waals surface area contributed by atoms with Crippen molar-refractivity contribution in [3.63, 3.8) is 0 Å². The smallest absolute Gasteiger partial charge is 0.321 e. The van der Waals surface area contributed by atoms with Crippen molar-refractivity contribution >= 4 is 5.97 Å². The summed E-state index contributed by atoms with van der Waals surface area (Å²) in [5.41, 5.74) is 3.81. The van der Waals surface area contributed by atoms with E-state index in [-0.39, 0.29) is 0 Å². The molecule has 0 amide bonds. The zero-order chi connectivity index (χ0) is 23.8. The maximum Gasteiger partial charge on any atom is 0.321 e. The average Bonchev–Trinajstić information content (AvgIpc) is 3.24. The first-order valence-corrected chi connectivity index (χ1v) is 11.3. The largest absolute Gasteiger partial charge is 0.493 e. The van der Waals surface area contributed by atoms with Crippen LogP contribution >= 0.6 is 0 Å². The Balaban J connectivity index is 1.28. The van der Waals surface area contributed by atoms with Crippen molar-refractivity contribution in [3.8, 4) is 17.2 Å². The molecule has 6 heteroatoms. The number of carboxylic acid groups (broad SMARTS) is 1. The molecule has 0 saturated carbocycles. The molecule has 0 bridgehead atoms. The number of carbonyl (C=O) groups is 1. The molecule has 0 radical (unpaired) electrons. The van der Waals surface area contributed by atoms with Gasteiger partial charge in [0.05, 0.1) is 12.3 Å². The zero-order valence-corrected chi connectivity index (χ0v) is 19.1. The number of rotatable bonds is 11. The molecule has 0 aliphatic rings. The Bertz CT molecular complexity index is 1190. The van der Waals surface area contributed by atoms with Crippen molar-refractivity contribution < 1.29 is 19.1 Å². The van der Waals surface area contributed by atoms with E-state index in [4.69, 9.17) is 9.15 Å². The second-order valence-electron chi connectivity index (χ2n) is 8.09. The lowest BCUT2D eigenvalue weighted by Crippen LogP contribution is -2.38. The van der Waals surface area contributed by atoms with Gasteiger partial charge in [-0.1, -0.05) is 60.7 Å². The lowest BCUT2D eigenvalue weighted by atomic mass is 10.1. The van der Waals surface area contributed by atoms with Gasteiger partial charge in [-0.05, 0) is 48.7 Å². The van der Waals surface area contributed by atoms with Gasteiger partial charge in [0, 0.05) is 18.5 Å². The monoisotopic (exact) mass is 456 g/mol. The first kappa shape index (κ1) is 23.3. The predicted octanol–water partition coefficient (Wildman–Crippen LogP) is 5.06. The molecular weight excluding hydrogens is 428 g/mol. The molecule has 4 aromatic rings. The maximum atomic E-state index is 11.7. The van der Waals surface area contributed by atoms with E-state index in [0.29, 0.717) is 31.9 Å². The van der Waals surface area contributed by atoms with E-state index in [2.05, 4.69) is 10.3 Å². The Labute approximate surface area is 199 Å². The molecule has 1 aromatic heterocycles. The Morgan fingerprint density at radius 1 is 0.971 bits per heavy atom. The molecule has 34 heavy (non-hydrogen) atoms. The fourth-order valence-electron chi connectivity index (χ4n) is 3.67. The quantitative estimate of drug-likeness (QED) is 0.328. The fourth-order valence-corrected chi connectivity index (χ4v) is 3.67. The van der Waals surface area contributed by atoms with E-state index in [0.717, 1.165) is 33.9 Å². The second-order valence-corrected chi connectivity index (χ2v) is 8.09. The summed E-state index contributed by atoms with van der Waals surface area (Å²) in [5, 5.41) is 12.7. The molecule has 1 unspecified atom stereocenters. The first-order valence-electron chi connectivity index (χ1n) is 11.3. The van der Waals surface area contributed by atoms with Crippen LogP contribution in [0.1, 0.15) is 22.6 Å². The normalized spacial score (nSPS) is 11.8. The van der Waals surface area contributed by atoms with E-state index in [1.54, 1.807) is 0 Å². The van der Waals surface area contributed by atoms with Crippen LogP contribution in [0.25, 0.3) is 11.5 Å². The third-order valence-corrected chi connectivity index (χ3v) is 5.58. The van der Waals surface area contributed by atoms with Crippen molar-refractivity contribution in [1.29, 1.82) is 0 Å². The number of nitrogens with one attached hydrogen (secondary N) is 1. The van der Waals surface area contributed by atoms with Gasteiger partial charge in [0.1, 0.15) is 17.6 Å². The van der Waals surface area contributed by atoms with Gasteiger partial charge < -0.3 is 19.6 Å². The number of oxazole rings is 1. The molecule has 0 saturated heterocycles. The lowest BCUT2D eigenvalue weighted by molar-refractivity contribution is -0.139. The molecule has 1 atom stereocenters. The molecule has 2 N–H and O–H groups in total. The Morgan fingerprint density at radius 3 is 2.32 bits per heavy atom. The minimum atomic E-state index is -0.867. The van der Waals surface area contributed by atoms with Gasteiger partial charge in [-0.25, -0.2) is 4.98 Å². The summed E-state index contributed by atoms with van der Waals surface area (Å²) in [7, 11) is 0. The van der Waals surface area contributed by atoms with Crippen LogP contribution in [-0.2, 0) is 24.2 Å². The molecule has 1 heterocycles. The van der Waals surface area contributed by atoms with Crippen molar-refractivity contribution in [2.24, 2.45) is 0 Å². The molecule has 0 fully saturated rings. The van der Waals surface area contributed by atoms with Crippen LogP contribution < -0.4 is 10.1 Å². The van der Waals surface area contributed by atoms with Gasteiger partial charge in [0.2, 0.25) is 5.89 Å². The topological polar surface area (TPSA) is 84.6 Å². The molecule has 0 aliphatic heterocycles. The molecule has 3 aromatic carbocycles. The van der Waals surface area contributed by atoms with Crippen LogP contribution in [0.3, 0.4) is 0 Å². The van der Waals surface area contributed by atoms with Crippen molar-refractivity contribution in [1.82, 2.24) is 10.3 Å². The molecule has 0 aliphatic carbocycles. The summed E-state index contributed by atoms with van der Waals surface area (Å²) in [6, 6.07) is 26.5. The highest BCUT2D eigenvalue weighted by molar-refractivity contribution is 5.74. The number of ether oxygens (including phenoxy) is 1. The summed E-state index contributed by atoms with van der Waals surface area (Å²) < 4.78 is 11.7. The second kappa shape index (κ2) is 11.3. The number of hydrogen-bond donors (Lipinski definition) is 2.